The van der Waals surface area contributed by atoms with Crippen molar-refractivity contribution < 1.29 is 4.79 Å². The van der Waals surface area contributed by atoms with Gasteiger partial charge in [0.25, 0.3) is 0 Å². The number of benzene rings is 1. The Kier molecular flexibility index (Phi) is 5.76. The lowest BCUT2D eigenvalue weighted by Crippen LogP contribution is -2.52. The molecular weight excluding hydrogens is 262 g/mol. The molecule has 2 N–H and O–H groups in total. The third-order valence-electron chi connectivity index (χ3n) is 4.46. The Morgan fingerprint density at radius 3 is 2.86 bits per heavy atom. The van der Waals surface area contributed by atoms with Gasteiger partial charge in [0.1, 0.15) is 0 Å². The van der Waals surface area contributed by atoms with Gasteiger partial charge in [-0.2, -0.15) is 0 Å². The van der Waals surface area contributed by atoms with Crippen LogP contribution in [0.3, 0.4) is 0 Å². The summed E-state index contributed by atoms with van der Waals surface area (Å²) in [5.41, 5.74) is 2.02. The number of rotatable bonds is 5. The van der Waals surface area contributed by atoms with Gasteiger partial charge in [0.05, 0.1) is 6.54 Å². The molecule has 2 rings (SSSR count). The van der Waals surface area contributed by atoms with Gasteiger partial charge in [0, 0.05) is 17.8 Å². The zero-order valence-corrected chi connectivity index (χ0v) is 13.4. The number of nitrogens with zero attached hydrogens (tertiary/aromatic N) is 1. The van der Waals surface area contributed by atoms with Crippen molar-refractivity contribution in [1.82, 2.24) is 10.2 Å². The Hall–Kier alpha value is -1.39. The average molecular weight is 289 g/mol. The zero-order valence-electron chi connectivity index (χ0n) is 13.4. The minimum atomic E-state index is 0.0829. The molecule has 1 fully saturated rings. The van der Waals surface area contributed by atoms with Crippen molar-refractivity contribution in [3.63, 3.8) is 0 Å². The number of anilines is 1. The Morgan fingerprint density at radius 1 is 1.38 bits per heavy atom. The molecule has 1 aliphatic heterocycles. The monoisotopic (exact) mass is 289 g/mol. The molecule has 1 aliphatic rings. The van der Waals surface area contributed by atoms with Gasteiger partial charge in [-0.25, -0.2) is 0 Å². The van der Waals surface area contributed by atoms with Crippen LogP contribution in [0.4, 0.5) is 5.69 Å². The first-order valence-electron chi connectivity index (χ1n) is 7.88. The predicted molar refractivity (Wildman–Crippen MR) is 87.5 cm³/mol. The number of para-hydroxylation sites is 1. The molecule has 4 nitrogen and oxygen atoms in total. The Morgan fingerprint density at radius 2 is 2.14 bits per heavy atom. The van der Waals surface area contributed by atoms with Gasteiger partial charge in [-0.15, -0.1) is 0 Å². The summed E-state index contributed by atoms with van der Waals surface area (Å²) >= 11 is 0. The number of piperidine rings is 1. The van der Waals surface area contributed by atoms with Gasteiger partial charge in [-0.1, -0.05) is 24.6 Å². The van der Waals surface area contributed by atoms with E-state index in [4.69, 9.17) is 0 Å². The average Bonchev–Trinajstić information content (AvgIpc) is 2.49. The molecule has 1 amide bonds. The van der Waals surface area contributed by atoms with Crippen molar-refractivity contribution in [2.24, 2.45) is 0 Å². The van der Waals surface area contributed by atoms with Crippen LogP contribution in [0.1, 0.15) is 31.7 Å². The molecule has 4 heteroatoms. The third-order valence-corrected chi connectivity index (χ3v) is 4.46. The van der Waals surface area contributed by atoms with Crippen LogP contribution in [0.5, 0.6) is 0 Å². The molecule has 1 heterocycles. The molecule has 1 saturated heterocycles. The highest BCUT2D eigenvalue weighted by atomic mass is 16.2. The third kappa shape index (κ3) is 4.29. The summed E-state index contributed by atoms with van der Waals surface area (Å²) in [7, 11) is 1.99. The van der Waals surface area contributed by atoms with Crippen molar-refractivity contribution in [2.45, 2.75) is 45.2 Å². The van der Waals surface area contributed by atoms with Crippen LogP contribution in [0.2, 0.25) is 0 Å². The van der Waals surface area contributed by atoms with Crippen molar-refractivity contribution in [2.75, 3.05) is 25.5 Å². The number of likely N-dealkylation sites (N-methyl/N-ethyl adjacent to an activating group) is 1. The molecule has 2 unspecified atom stereocenters. The second kappa shape index (κ2) is 7.57. The Balaban J connectivity index is 1.96. The van der Waals surface area contributed by atoms with E-state index in [0.29, 0.717) is 18.6 Å². The second-order valence-electron chi connectivity index (χ2n) is 5.97. The minimum Gasteiger partial charge on any atom is -0.325 e. The highest BCUT2D eigenvalue weighted by Crippen LogP contribution is 2.20. The summed E-state index contributed by atoms with van der Waals surface area (Å²) in [6, 6.07) is 8.78. The van der Waals surface area contributed by atoms with Gasteiger partial charge in [-0.3, -0.25) is 9.69 Å². The topological polar surface area (TPSA) is 44.4 Å². The number of carbonyl (C=O) groups excluding carboxylic acids is 1. The number of carbonyl (C=O) groups is 1. The number of hydrogen-bond donors (Lipinski definition) is 2. The van der Waals surface area contributed by atoms with Crippen LogP contribution in [0, 0.1) is 6.92 Å². The molecule has 2 atom stereocenters. The fourth-order valence-electron chi connectivity index (χ4n) is 3.06. The standard InChI is InChI=1S/C17H27N3O/c1-13-8-4-5-9-15(13)19-17(21)12-20-11-7-6-10-16(20)14(2)18-3/h4-5,8-9,14,16,18H,6-7,10-12H2,1-3H3,(H,19,21). The molecule has 21 heavy (non-hydrogen) atoms. The summed E-state index contributed by atoms with van der Waals surface area (Å²) in [6.45, 7) is 5.70. The first-order valence-corrected chi connectivity index (χ1v) is 7.88. The van der Waals surface area contributed by atoms with E-state index in [1.165, 1.54) is 19.3 Å². The molecule has 0 radical (unpaired) electrons. The molecule has 0 bridgehead atoms. The van der Waals surface area contributed by atoms with Gasteiger partial charge in [0.2, 0.25) is 5.91 Å². The van der Waals surface area contributed by atoms with Gasteiger partial charge in [0.15, 0.2) is 0 Å². The lowest BCUT2D eigenvalue weighted by molar-refractivity contribution is -0.118. The van der Waals surface area contributed by atoms with Crippen LogP contribution in [0.25, 0.3) is 0 Å². The fraction of sp³-hybridized carbons (Fsp3) is 0.588. The summed E-state index contributed by atoms with van der Waals surface area (Å²) < 4.78 is 0. The fourth-order valence-corrected chi connectivity index (χ4v) is 3.06. The SMILES string of the molecule is CNC(C)C1CCCCN1CC(=O)Nc1ccccc1C. The van der Waals surface area contributed by atoms with Gasteiger partial charge in [-0.05, 0) is 51.9 Å². The molecular formula is C17H27N3O. The van der Waals surface area contributed by atoms with E-state index >= 15 is 0 Å². The maximum Gasteiger partial charge on any atom is 0.238 e. The van der Waals surface area contributed by atoms with E-state index in [1.54, 1.807) is 0 Å². The highest BCUT2D eigenvalue weighted by molar-refractivity contribution is 5.92. The van der Waals surface area contributed by atoms with Crippen molar-refractivity contribution >= 4 is 11.6 Å². The minimum absolute atomic E-state index is 0.0829. The molecule has 0 aliphatic carbocycles. The van der Waals surface area contributed by atoms with E-state index in [1.807, 2.05) is 38.2 Å². The van der Waals surface area contributed by atoms with Crippen LogP contribution in [0.15, 0.2) is 24.3 Å². The molecule has 1 aromatic rings. The van der Waals surface area contributed by atoms with E-state index in [-0.39, 0.29) is 5.91 Å². The summed E-state index contributed by atoms with van der Waals surface area (Å²) in [6.07, 6.45) is 3.61. The number of likely N-dealkylation sites (tertiary alicyclic amines) is 1. The zero-order chi connectivity index (χ0) is 15.2. The molecule has 0 spiro atoms. The lowest BCUT2D eigenvalue weighted by atomic mass is 9.96. The smallest absolute Gasteiger partial charge is 0.238 e. The number of aryl methyl sites for hydroxylation is 1. The van der Waals surface area contributed by atoms with Crippen LogP contribution in [-0.4, -0.2) is 43.0 Å². The summed E-state index contributed by atoms with van der Waals surface area (Å²) in [4.78, 5) is 14.6. The van der Waals surface area contributed by atoms with E-state index in [9.17, 15) is 4.79 Å². The summed E-state index contributed by atoms with van der Waals surface area (Å²) in [5.74, 6) is 0.0829. The normalized spacial score (nSPS) is 21.0. The molecule has 116 valence electrons. The second-order valence-corrected chi connectivity index (χ2v) is 5.97. The quantitative estimate of drug-likeness (QED) is 0.875. The molecule has 0 aromatic heterocycles. The predicted octanol–water partition coefficient (Wildman–Crippen LogP) is 2.40. The number of nitrogens with one attached hydrogen (secondary N) is 2. The van der Waals surface area contributed by atoms with E-state index < -0.39 is 0 Å². The first-order chi connectivity index (χ1) is 10.1. The van der Waals surface area contributed by atoms with Crippen molar-refractivity contribution in [3.05, 3.63) is 29.8 Å². The number of hydrogen-bond acceptors (Lipinski definition) is 3. The van der Waals surface area contributed by atoms with Crippen LogP contribution in [-0.2, 0) is 4.79 Å². The Bertz CT molecular complexity index is 475. The molecule has 0 saturated carbocycles. The maximum atomic E-state index is 12.3. The van der Waals surface area contributed by atoms with E-state index in [0.717, 1.165) is 17.8 Å². The maximum absolute atomic E-state index is 12.3. The van der Waals surface area contributed by atoms with Crippen LogP contribution >= 0.6 is 0 Å². The van der Waals surface area contributed by atoms with Gasteiger partial charge >= 0.3 is 0 Å². The lowest BCUT2D eigenvalue weighted by Gasteiger charge is -2.38. The summed E-state index contributed by atoms with van der Waals surface area (Å²) in [5, 5.41) is 6.36. The van der Waals surface area contributed by atoms with E-state index in [2.05, 4.69) is 22.5 Å². The van der Waals surface area contributed by atoms with Crippen LogP contribution < -0.4 is 10.6 Å². The first kappa shape index (κ1) is 16.0. The molecule has 1 aromatic carbocycles. The largest absolute Gasteiger partial charge is 0.325 e. The van der Waals surface area contributed by atoms with Gasteiger partial charge < -0.3 is 10.6 Å². The van der Waals surface area contributed by atoms with Crippen molar-refractivity contribution in [3.8, 4) is 0 Å². The Labute approximate surface area is 127 Å². The van der Waals surface area contributed by atoms with Crippen molar-refractivity contribution in [1.29, 1.82) is 0 Å². The number of amides is 1. The highest BCUT2D eigenvalue weighted by Gasteiger charge is 2.27.